The van der Waals surface area contributed by atoms with Crippen LogP contribution in [0.3, 0.4) is 0 Å². The molecule has 1 heteroatoms. The zero-order valence-corrected chi connectivity index (χ0v) is 8.02. The van der Waals surface area contributed by atoms with Crippen LogP contribution >= 0.6 is 11.6 Å². The minimum Gasteiger partial charge on any atom is -0.0843 e. The van der Waals surface area contributed by atoms with E-state index in [1.807, 2.05) is 6.07 Å². The summed E-state index contributed by atoms with van der Waals surface area (Å²) < 4.78 is 0. The average molecular weight is 179 g/mol. The second kappa shape index (κ2) is 2.37. The van der Waals surface area contributed by atoms with Crippen LogP contribution in [0.4, 0.5) is 0 Å². The molecular weight excluding hydrogens is 168 g/mol. The molecule has 0 bridgehead atoms. The molecule has 0 atom stereocenters. The third-order valence-corrected chi connectivity index (χ3v) is 2.62. The Kier molecular flexibility index (Phi) is 1.55. The smallest absolute Gasteiger partial charge is 0.0409 e. The van der Waals surface area contributed by atoms with Crippen molar-refractivity contribution in [1.82, 2.24) is 0 Å². The van der Waals surface area contributed by atoms with Crippen molar-refractivity contribution < 1.29 is 0 Å². The number of fused-ring (bicyclic) bond motifs is 1. The number of allylic oxidation sites excluding steroid dienone is 1. The van der Waals surface area contributed by atoms with Gasteiger partial charge in [0.1, 0.15) is 0 Å². The molecule has 1 aliphatic rings. The molecule has 0 N–H and O–H groups in total. The van der Waals surface area contributed by atoms with Crippen molar-refractivity contribution in [2.24, 2.45) is 0 Å². The summed E-state index contributed by atoms with van der Waals surface area (Å²) in [5, 5.41) is 0.825. The molecule has 0 spiro atoms. The summed E-state index contributed by atoms with van der Waals surface area (Å²) in [5.74, 6) is 0. The van der Waals surface area contributed by atoms with Crippen molar-refractivity contribution in [2.75, 3.05) is 0 Å². The van der Waals surface area contributed by atoms with Gasteiger partial charge in [0.05, 0.1) is 0 Å². The summed E-state index contributed by atoms with van der Waals surface area (Å²) in [6.45, 7) is 4.40. The quantitative estimate of drug-likeness (QED) is 0.569. The Morgan fingerprint density at radius 1 is 1.25 bits per heavy atom. The Morgan fingerprint density at radius 2 is 2.00 bits per heavy atom. The van der Waals surface area contributed by atoms with Crippen LogP contribution in [0.2, 0.25) is 5.02 Å². The van der Waals surface area contributed by atoms with Gasteiger partial charge in [-0.05, 0) is 23.3 Å². The molecular formula is C11H11Cl. The fourth-order valence-electron chi connectivity index (χ4n) is 1.62. The summed E-state index contributed by atoms with van der Waals surface area (Å²) in [4.78, 5) is 0. The molecule has 1 aromatic carbocycles. The number of hydrogen-bond acceptors (Lipinski definition) is 0. The van der Waals surface area contributed by atoms with Crippen molar-refractivity contribution in [3.63, 3.8) is 0 Å². The van der Waals surface area contributed by atoms with E-state index in [-0.39, 0.29) is 5.41 Å². The second-order valence-electron chi connectivity index (χ2n) is 3.79. The molecule has 0 aromatic heterocycles. The van der Waals surface area contributed by atoms with Crippen molar-refractivity contribution in [3.05, 3.63) is 40.4 Å². The van der Waals surface area contributed by atoms with Crippen LogP contribution < -0.4 is 0 Å². The van der Waals surface area contributed by atoms with Gasteiger partial charge in [0.15, 0.2) is 0 Å². The molecule has 1 aromatic rings. The van der Waals surface area contributed by atoms with Crippen molar-refractivity contribution >= 4 is 17.7 Å². The first-order chi connectivity index (χ1) is 5.59. The first-order valence-corrected chi connectivity index (χ1v) is 4.47. The summed E-state index contributed by atoms with van der Waals surface area (Å²) in [5.41, 5.74) is 2.78. The first-order valence-electron chi connectivity index (χ1n) is 4.09. The highest BCUT2D eigenvalue weighted by Gasteiger charge is 2.24. The lowest BCUT2D eigenvalue weighted by Crippen LogP contribution is -2.10. The lowest BCUT2D eigenvalue weighted by Gasteiger charge is -2.17. The van der Waals surface area contributed by atoms with E-state index in [9.17, 15) is 0 Å². The molecule has 2 rings (SSSR count). The maximum atomic E-state index is 5.92. The standard InChI is InChI=1S/C11H11Cl/c1-11(2)6-5-8-3-4-9(12)7-10(8)11/h3-7H,1-2H3. The summed E-state index contributed by atoms with van der Waals surface area (Å²) in [6, 6.07) is 6.06. The zero-order valence-electron chi connectivity index (χ0n) is 7.26. The number of hydrogen-bond donors (Lipinski definition) is 0. The average Bonchev–Trinajstić information content (AvgIpc) is 2.28. The van der Waals surface area contributed by atoms with Gasteiger partial charge in [-0.2, -0.15) is 0 Å². The van der Waals surface area contributed by atoms with E-state index in [1.165, 1.54) is 11.1 Å². The largest absolute Gasteiger partial charge is 0.0843 e. The molecule has 0 amide bonds. The highest BCUT2D eigenvalue weighted by molar-refractivity contribution is 6.30. The first kappa shape index (κ1) is 7.88. The van der Waals surface area contributed by atoms with Gasteiger partial charge in [-0.25, -0.2) is 0 Å². The van der Waals surface area contributed by atoms with Crippen LogP contribution in [0.5, 0.6) is 0 Å². The predicted molar refractivity (Wildman–Crippen MR) is 53.5 cm³/mol. The summed E-state index contributed by atoms with van der Waals surface area (Å²) in [6.07, 6.45) is 4.37. The molecule has 12 heavy (non-hydrogen) atoms. The normalized spacial score (nSPS) is 17.9. The van der Waals surface area contributed by atoms with Crippen LogP contribution in [0.25, 0.3) is 6.08 Å². The van der Waals surface area contributed by atoms with Gasteiger partial charge < -0.3 is 0 Å². The predicted octanol–water partition coefficient (Wildman–Crippen LogP) is 3.64. The van der Waals surface area contributed by atoms with Gasteiger partial charge in [0, 0.05) is 10.4 Å². The third kappa shape index (κ3) is 1.07. The van der Waals surface area contributed by atoms with Gasteiger partial charge in [0.25, 0.3) is 0 Å². The SMILES string of the molecule is CC1(C)C=Cc2ccc(Cl)cc21. The Hall–Kier alpha value is -0.750. The molecule has 62 valence electrons. The minimum absolute atomic E-state index is 0.153. The van der Waals surface area contributed by atoms with Crippen molar-refractivity contribution in [2.45, 2.75) is 19.3 Å². The molecule has 0 saturated heterocycles. The van der Waals surface area contributed by atoms with Gasteiger partial charge in [-0.1, -0.05) is 43.7 Å². The van der Waals surface area contributed by atoms with Gasteiger partial charge in [-0.3, -0.25) is 0 Å². The minimum atomic E-state index is 0.153. The highest BCUT2D eigenvalue weighted by Crippen LogP contribution is 2.36. The number of halogens is 1. The van der Waals surface area contributed by atoms with Crippen LogP contribution in [-0.4, -0.2) is 0 Å². The molecule has 0 aliphatic heterocycles. The van der Waals surface area contributed by atoms with Gasteiger partial charge >= 0.3 is 0 Å². The Balaban J connectivity index is 2.63. The molecule has 0 nitrogen and oxygen atoms in total. The summed E-state index contributed by atoms with van der Waals surface area (Å²) in [7, 11) is 0. The fraction of sp³-hybridized carbons (Fsp3) is 0.273. The lowest BCUT2D eigenvalue weighted by atomic mass is 9.87. The second-order valence-corrected chi connectivity index (χ2v) is 4.22. The van der Waals surface area contributed by atoms with Crippen molar-refractivity contribution in [3.8, 4) is 0 Å². The van der Waals surface area contributed by atoms with Gasteiger partial charge in [-0.15, -0.1) is 0 Å². The lowest BCUT2D eigenvalue weighted by molar-refractivity contribution is 0.683. The highest BCUT2D eigenvalue weighted by atomic mass is 35.5. The van der Waals surface area contributed by atoms with E-state index in [4.69, 9.17) is 11.6 Å². The Morgan fingerprint density at radius 3 is 2.75 bits per heavy atom. The van der Waals surface area contributed by atoms with Crippen LogP contribution in [0, 0.1) is 0 Å². The molecule has 0 heterocycles. The number of rotatable bonds is 0. The van der Waals surface area contributed by atoms with E-state index in [0.29, 0.717) is 0 Å². The van der Waals surface area contributed by atoms with Crippen LogP contribution in [-0.2, 0) is 5.41 Å². The van der Waals surface area contributed by atoms with E-state index >= 15 is 0 Å². The van der Waals surface area contributed by atoms with E-state index in [0.717, 1.165) is 5.02 Å². The van der Waals surface area contributed by atoms with Crippen LogP contribution in [0.1, 0.15) is 25.0 Å². The topological polar surface area (TPSA) is 0 Å². The van der Waals surface area contributed by atoms with Gasteiger partial charge in [0.2, 0.25) is 0 Å². The van der Waals surface area contributed by atoms with E-state index in [2.05, 4.69) is 38.1 Å². The Bertz CT molecular complexity index is 348. The molecule has 1 aliphatic carbocycles. The third-order valence-electron chi connectivity index (χ3n) is 2.39. The zero-order chi connectivity index (χ0) is 8.77. The number of benzene rings is 1. The van der Waals surface area contributed by atoms with Crippen LogP contribution in [0.15, 0.2) is 24.3 Å². The fourth-order valence-corrected chi connectivity index (χ4v) is 1.79. The summed E-state index contributed by atoms with van der Waals surface area (Å²) >= 11 is 5.92. The monoisotopic (exact) mass is 178 g/mol. The molecule has 0 saturated carbocycles. The molecule has 0 fully saturated rings. The molecule has 0 unspecified atom stereocenters. The molecule has 0 radical (unpaired) electrons. The van der Waals surface area contributed by atoms with E-state index < -0.39 is 0 Å². The van der Waals surface area contributed by atoms with E-state index in [1.54, 1.807) is 0 Å². The Labute approximate surface area is 77.9 Å². The maximum absolute atomic E-state index is 5.92. The van der Waals surface area contributed by atoms with Crippen molar-refractivity contribution in [1.29, 1.82) is 0 Å². The maximum Gasteiger partial charge on any atom is 0.0409 e.